The SMILES string of the molecule is Cc1nc(NCCN)c2c(C)c(C(=O)OCC(C)C)sc2n1. The van der Waals surface area contributed by atoms with Crippen molar-refractivity contribution in [3.05, 3.63) is 16.3 Å². The van der Waals surface area contributed by atoms with Gasteiger partial charge in [0.2, 0.25) is 0 Å². The minimum atomic E-state index is -0.295. The van der Waals surface area contributed by atoms with Gasteiger partial charge < -0.3 is 15.8 Å². The van der Waals surface area contributed by atoms with Gasteiger partial charge in [0.05, 0.1) is 12.0 Å². The van der Waals surface area contributed by atoms with E-state index in [1.54, 1.807) is 0 Å². The lowest BCUT2D eigenvalue weighted by Gasteiger charge is -2.07. The first-order valence-corrected chi connectivity index (χ1v) is 8.14. The summed E-state index contributed by atoms with van der Waals surface area (Å²) in [5.74, 6) is 1.40. The third-order valence-electron chi connectivity index (χ3n) is 3.07. The van der Waals surface area contributed by atoms with Crippen LogP contribution in [0.25, 0.3) is 10.2 Å². The van der Waals surface area contributed by atoms with Crippen LogP contribution in [-0.2, 0) is 4.74 Å². The fourth-order valence-electron chi connectivity index (χ4n) is 2.07. The number of thiophene rings is 1. The van der Waals surface area contributed by atoms with Crippen molar-refractivity contribution >= 4 is 33.3 Å². The second-order valence-corrected chi connectivity index (χ2v) is 6.56. The lowest BCUT2D eigenvalue weighted by molar-refractivity contribution is 0.0464. The summed E-state index contributed by atoms with van der Waals surface area (Å²) in [5, 5.41) is 4.08. The average molecular weight is 322 g/mol. The molecule has 6 nitrogen and oxygen atoms in total. The molecule has 0 saturated heterocycles. The number of aryl methyl sites for hydroxylation is 2. The number of carbonyl (C=O) groups is 1. The van der Waals surface area contributed by atoms with E-state index in [9.17, 15) is 4.79 Å². The van der Waals surface area contributed by atoms with Gasteiger partial charge in [-0.15, -0.1) is 11.3 Å². The van der Waals surface area contributed by atoms with Crippen LogP contribution in [0.4, 0.5) is 5.82 Å². The van der Waals surface area contributed by atoms with Gasteiger partial charge in [0.25, 0.3) is 0 Å². The van der Waals surface area contributed by atoms with E-state index < -0.39 is 0 Å². The molecule has 2 aromatic rings. The zero-order chi connectivity index (χ0) is 16.3. The van der Waals surface area contributed by atoms with Gasteiger partial charge in [-0.1, -0.05) is 13.8 Å². The average Bonchev–Trinajstić information content (AvgIpc) is 2.79. The van der Waals surface area contributed by atoms with Crippen LogP contribution in [0.1, 0.15) is 34.9 Å². The highest BCUT2D eigenvalue weighted by Gasteiger charge is 2.21. The van der Waals surface area contributed by atoms with Crippen LogP contribution in [0.3, 0.4) is 0 Å². The predicted molar refractivity (Wildman–Crippen MR) is 89.6 cm³/mol. The molecule has 0 aromatic carbocycles. The number of fused-ring (bicyclic) bond motifs is 1. The summed E-state index contributed by atoms with van der Waals surface area (Å²) in [6.07, 6.45) is 0. The Morgan fingerprint density at radius 2 is 2.09 bits per heavy atom. The molecular formula is C15H22N4O2S. The Balaban J connectivity index is 2.41. The molecule has 0 atom stereocenters. The number of rotatable bonds is 6. The van der Waals surface area contributed by atoms with Crippen LogP contribution in [0.5, 0.6) is 0 Å². The Kier molecular flexibility index (Phi) is 5.31. The Morgan fingerprint density at radius 1 is 1.36 bits per heavy atom. The molecule has 120 valence electrons. The van der Waals surface area contributed by atoms with Crippen molar-refractivity contribution in [3.8, 4) is 0 Å². The number of carbonyl (C=O) groups excluding carboxylic acids is 1. The van der Waals surface area contributed by atoms with Gasteiger partial charge in [-0.25, -0.2) is 14.8 Å². The molecule has 0 fully saturated rings. The summed E-state index contributed by atoms with van der Waals surface area (Å²) in [6, 6.07) is 0. The monoisotopic (exact) mass is 322 g/mol. The first-order chi connectivity index (χ1) is 10.4. The Morgan fingerprint density at radius 3 is 2.73 bits per heavy atom. The van der Waals surface area contributed by atoms with Crippen LogP contribution in [0.15, 0.2) is 0 Å². The van der Waals surface area contributed by atoms with E-state index in [0.717, 1.165) is 21.6 Å². The second kappa shape index (κ2) is 7.02. The highest BCUT2D eigenvalue weighted by Crippen LogP contribution is 2.34. The smallest absolute Gasteiger partial charge is 0.348 e. The number of esters is 1. The summed E-state index contributed by atoms with van der Waals surface area (Å²) >= 11 is 1.35. The number of nitrogens with zero attached hydrogens (tertiary/aromatic N) is 2. The van der Waals surface area contributed by atoms with Crippen LogP contribution in [-0.4, -0.2) is 35.6 Å². The minimum absolute atomic E-state index is 0.295. The summed E-state index contributed by atoms with van der Waals surface area (Å²) < 4.78 is 5.33. The van der Waals surface area contributed by atoms with Gasteiger partial charge >= 0.3 is 5.97 Å². The van der Waals surface area contributed by atoms with Crippen molar-refractivity contribution in [3.63, 3.8) is 0 Å². The van der Waals surface area contributed by atoms with E-state index in [4.69, 9.17) is 10.5 Å². The van der Waals surface area contributed by atoms with Crippen LogP contribution in [0, 0.1) is 19.8 Å². The highest BCUT2D eigenvalue weighted by atomic mass is 32.1. The number of hydrogen-bond donors (Lipinski definition) is 2. The van der Waals surface area contributed by atoms with Crippen LogP contribution in [0.2, 0.25) is 0 Å². The lowest BCUT2D eigenvalue weighted by Crippen LogP contribution is -2.14. The number of nitrogens with two attached hydrogens (primary N) is 1. The molecular weight excluding hydrogens is 300 g/mol. The minimum Gasteiger partial charge on any atom is -0.461 e. The largest absolute Gasteiger partial charge is 0.461 e. The van der Waals surface area contributed by atoms with Gasteiger partial charge in [-0.2, -0.15) is 0 Å². The summed E-state index contributed by atoms with van der Waals surface area (Å²) in [4.78, 5) is 22.5. The Labute approximate surface area is 134 Å². The molecule has 0 unspecified atom stereocenters. The Bertz CT molecular complexity index is 682. The summed E-state index contributed by atoms with van der Waals surface area (Å²) in [7, 11) is 0. The van der Waals surface area contributed by atoms with E-state index in [2.05, 4.69) is 15.3 Å². The van der Waals surface area contributed by atoms with E-state index in [1.165, 1.54) is 11.3 Å². The molecule has 0 bridgehead atoms. The number of anilines is 1. The molecule has 2 heterocycles. The predicted octanol–water partition coefficient (Wildman–Crippen LogP) is 2.49. The number of ether oxygens (including phenoxy) is 1. The topological polar surface area (TPSA) is 90.1 Å². The molecule has 2 aromatic heterocycles. The molecule has 0 radical (unpaired) electrons. The maximum Gasteiger partial charge on any atom is 0.348 e. The summed E-state index contributed by atoms with van der Waals surface area (Å²) in [5.41, 5.74) is 6.40. The molecule has 7 heteroatoms. The second-order valence-electron chi connectivity index (χ2n) is 5.56. The van der Waals surface area contributed by atoms with E-state index in [-0.39, 0.29) is 5.97 Å². The normalized spacial score (nSPS) is 11.2. The van der Waals surface area contributed by atoms with Gasteiger partial charge in [-0.3, -0.25) is 0 Å². The van der Waals surface area contributed by atoms with E-state index >= 15 is 0 Å². The quantitative estimate of drug-likeness (QED) is 0.794. The van der Waals surface area contributed by atoms with Gasteiger partial charge in [0.15, 0.2) is 0 Å². The number of hydrogen-bond acceptors (Lipinski definition) is 7. The first kappa shape index (κ1) is 16.6. The van der Waals surface area contributed by atoms with Gasteiger partial charge in [-0.05, 0) is 25.3 Å². The molecule has 0 amide bonds. The van der Waals surface area contributed by atoms with E-state index in [0.29, 0.717) is 36.3 Å². The van der Waals surface area contributed by atoms with Crippen molar-refractivity contribution in [2.24, 2.45) is 11.7 Å². The molecule has 0 aliphatic heterocycles. The Hall–Kier alpha value is -1.73. The molecule has 3 N–H and O–H groups in total. The standard InChI is InChI=1S/C15H22N4O2S/c1-8(2)7-21-15(20)12-9(3)11-13(17-6-5-16)18-10(4)19-14(11)22-12/h8H,5-7,16H2,1-4H3,(H,17,18,19). The number of nitrogens with one attached hydrogen (secondary N) is 1. The van der Waals surface area contributed by atoms with Crippen molar-refractivity contribution in [1.82, 2.24) is 9.97 Å². The third-order valence-corrected chi connectivity index (χ3v) is 4.24. The van der Waals surface area contributed by atoms with Crippen molar-refractivity contribution in [2.45, 2.75) is 27.7 Å². The molecule has 0 aliphatic carbocycles. The zero-order valence-electron chi connectivity index (χ0n) is 13.4. The van der Waals surface area contributed by atoms with Crippen molar-refractivity contribution in [2.75, 3.05) is 25.0 Å². The molecule has 2 rings (SSSR count). The molecule has 0 spiro atoms. The lowest BCUT2D eigenvalue weighted by atomic mass is 10.2. The maximum absolute atomic E-state index is 12.2. The van der Waals surface area contributed by atoms with E-state index in [1.807, 2.05) is 27.7 Å². The van der Waals surface area contributed by atoms with Gasteiger partial charge in [0.1, 0.15) is 21.3 Å². The molecule has 22 heavy (non-hydrogen) atoms. The maximum atomic E-state index is 12.2. The fraction of sp³-hybridized carbons (Fsp3) is 0.533. The summed E-state index contributed by atoms with van der Waals surface area (Å²) in [6.45, 7) is 9.29. The van der Waals surface area contributed by atoms with Crippen molar-refractivity contribution < 1.29 is 9.53 Å². The molecule has 0 saturated carbocycles. The van der Waals surface area contributed by atoms with Gasteiger partial charge in [0, 0.05) is 13.1 Å². The van der Waals surface area contributed by atoms with Crippen LogP contribution < -0.4 is 11.1 Å². The van der Waals surface area contributed by atoms with Crippen LogP contribution >= 0.6 is 11.3 Å². The van der Waals surface area contributed by atoms with Crippen molar-refractivity contribution in [1.29, 1.82) is 0 Å². The molecule has 0 aliphatic rings. The third kappa shape index (κ3) is 3.53. The highest BCUT2D eigenvalue weighted by molar-refractivity contribution is 7.20. The first-order valence-electron chi connectivity index (χ1n) is 7.32. The fourth-order valence-corrected chi connectivity index (χ4v) is 3.19. The zero-order valence-corrected chi connectivity index (χ0v) is 14.2. The number of aromatic nitrogens is 2.